The molecular formula is C14H20BrCl2N. The standard InChI is InChI=1S/C14H20BrCl2N/c1-3-12(4-2)18(9-8-15)10-11-6-5-7-13(16)14(11)17/h5-7,12H,3-4,8-10H2,1-2H3. The van der Waals surface area contributed by atoms with Gasteiger partial charge in [-0.1, -0.05) is 65.1 Å². The van der Waals surface area contributed by atoms with Crippen molar-refractivity contribution in [1.29, 1.82) is 0 Å². The number of halogens is 3. The van der Waals surface area contributed by atoms with Crippen molar-refractivity contribution in [1.82, 2.24) is 4.90 Å². The second kappa shape index (κ2) is 8.42. The molecule has 1 aromatic carbocycles. The number of rotatable bonds is 7. The predicted molar refractivity (Wildman–Crippen MR) is 85.0 cm³/mol. The molecule has 0 aliphatic carbocycles. The minimum absolute atomic E-state index is 0.595. The Balaban J connectivity index is 2.85. The van der Waals surface area contributed by atoms with Crippen LogP contribution in [0.25, 0.3) is 0 Å². The summed E-state index contributed by atoms with van der Waals surface area (Å²) >= 11 is 15.8. The summed E-state index contributed by atoms with van der Waals surface area (Å²) in [6.45, 7) is 6.34. The molecule has 0 saturated heterocycles. The molecule has 0 spiro atoms. The molecule has 0 unspecified atom stereocenters. The fourth-order valence-corrected chi connectivity index (χ4v) is 3.03. The zero-order valence-electron chi connectivity index (χ0n) is 10.9. The minimum atomic E-state index is 0.595. The van der Waals surface area contributed by atoms with E-state index in [1.165, 1.54) is 0 Å². The summed E-state index contributed by atoms with van der Waals surface area (Å²) in [5.74, 6) is 0. The second-order valence-electron chi connectivity index (χ2n) is 4.34. The molecule has 0 aromatic heterocycles. The number of hydrogen-bond donors (Lipinski definition) is 0. The summed E-state index contributed by atoms with van der Waals surface area (Å²) in [6, 6.07) is 6.44. The normalized spacial score (nSPS) is 11.5. The third kappa shape index (κ3) is 4.41. The van der Waals surface area contributed by atoms with Crippen LogP contribution in [0, 0.1) is 0 Å². The molecule has 1 aromatic rings. The van der Waals surface area contributed by atoms with Crippen LogP contribution in [0.15, 0.2) is 18.2 Å². The summed E-state index contributed by atoms with van der Waals surface area (Å²) in [6.07, 6.45) is 2.31. The monoisotopic (exact) mass is 351 g/mol. The third-order valence-electron chi connectivity index (χ3n) is 3.24. The van der Waals surface area contributed by atoms with Crippen molar-refractivity contribution in [2.45, 2.75) is 39.3 Å². The van der Waals surface area contributed by atoms with E-state index in [1.807, 2.05) is 12.1 Å². The SMILES string of the molecule is CCC(CC)N(CCBr)Cc1cccc(Cl)c1Cl. The van der Waals surface area contributed by atoms with Crippen LogP contribution in [0.1, 0.15) is 32.3 Å². The second-order valence-corrected chi connectivity index (χ2v) is 5.92. The van der Waals surface area contributed by atoms with Crippen LogP contribution in [-0.2, 0) is 6.54 Å². The van der Waals surface area contributed by atoms with Gasteiger partial charge in [-0.15, -0.1) is 0 Å². The Morgan fingerprint density at radius 2 is 1.89 bits per heavy atom. The molecule has 0 radical (unpaired) electrons. The summed E-state index contributed by atoms with van der Waals surface area (Å²) in [7, 11) is 0. The minimum Gasteiger partial charge on any atom is -0.295 e. The van der Waals surface area contributed by atoms with Crippen LogP contribution >= 0.6 is 39.1 Å². The molecule has 0 heterocycles. The molecule has 0 atom stereocenters. The number of alkyl halides is 1. The molecule has 0 N–H and O–H groups in total. The van der Waals surface area contributed by atoms with E-state index in [9.17, 15) is 0 Å². The van der Waals surface area contributed by atoms with Gasteiger partial charge >= 0.3 is 0 Å². The lowest BCUT2D eigenvalue weighted by Crippen LogP contribution is -2.35. The van der Waals surface area contributed by atoms with E-state index in [4.69, 9.17) is 23.2 Å². The number of hydrogen-bond acceptors (Lipinski definition) is 1. The number of benzene rings is 1. The topological polar surface area (TPSA) is 3.24 Å². The van der Waals surface area contributed by atoms with Crippen LogP contribution in [-0.4, -0.2) is 22.8 Å². The molecule has 0 aliphatic heterocycles. The first-order valence-electron chi connectivity index (χ1n) is 6.36. The van der Waals surface area contributed by atoms with Gasteiger partial charge in [-0.2, -0.15) is 0 Å². The highest BCUT2D eigenvalue weighted by atomic mass is 79.9. The molecule has 1 rings (SSSR count). The van der Waals surface area contributed by atoms with Crippen molar-refractivity contribution in [3.63, 3.8) is 0 Å². The van der Waals surface area contributed by atoms with Crippen molar-refractivity contribution in [2.24, 2.45) is 0 Å². The van der Waals surface area contributed by atoms with Crippen LogP contribution in [0.3, 0.4) is 0 Å². The van der Waals surface area contributed by atoms with E-state index in [0.717, 1.165) is 36.8 Å². The molecule has 0 saturated carbocycles. The highest BCUT2D eigenvalue weighted by molar-refractivity contribution is 9.09. The maximum atomic E-state index is 6.26. The smallest absolute Gasteiger partial charge is 0.0637 e. The lowest BCUT2D eigenvalue weighted by atomic mass is 10.1. The van der Waals surface area contributed by atoms with Crippen molar-refractivity contribution in [3.8, 4) is 0 Å². The van der Waals surface area contributed by atoms with Crippen molar-refractivity contribution in [2.75, 3.05) is 11.9 Å². The first kappa shape index (κ1) is 16.3. The highest BCUT2D eigenvalue weighted by Crippen LogP contribution is 2.27. The first-order valence-corrected chi connectivity index (χ1v) is 8.24. The molecule has 0 aliphatic rings. The Kier molecular flexibility index (Phi) is 7.62. The van der Waals surface area contributed by atoms with Gasteiger partial charge in [0.05, 0.1) is 10.0 Å². The van der Waals surface area contributed by atoms with Crippen molar-refractivity contribution >= 4 is 39.1 Å². The molecule has 4 heteroatoms. The van der Waals surface area contributed by atoms with E-state index >= 15 is 0 Å². The average Bonchev–Trinajstić information content (AvgIpc) is 2.36. The summed E-state index contributed by atoms with van der Waals surface area (Å²) in [5, 5.41) is 2.30. The van der Waals surface area contributed by atoms with Crippen LogP contribution in [0.4, 0.5) is 0 Å². The van der Waals surface area contributed by atoms with Gasteiger partial charge in [0.15, 0.2) is 0 Å². The highest BCUT2D eigenvalue weighted by Gasteiger charge is 2.16. The van der Waals surface area contributed by atoms with Crippen LogP contribution < -0.4 is 0 Å². The largest absolute Gasteiger partial charge is 0.295 e. The Labute approximate surface area is 129 Å². The van der Waals surface area contributed by atoms with E-state index < -0.39 is 0 Å². The van der Waals surface area contributed by atoms with Gasteiger partial charge in [-0.3, -0.25) is 4.90 Å². The summed E-state index contributed by atoms with van der Waals surface area (Å²) in [5.41, 5.74) is 1.11. The maximum Gasteiger partial charge on any atom is 0.0637 e. The van der Waals surface area contributed by atoms with Gasteiger partial charge < -0.3 is 0 Å². The predicted octanol–water partition coefficient (Wildman–Crippen LogP) is 5.38. The fraction of sp³-hybridized carbons (Fsp3) is 0.571. The zero-order chi connectivity index (χ0) is 13.5. The van der Waals surface area contributed by atoms with Crippen LogP contribution in [0.5, 0.6) is 0 Å². The van der Waals surface area contributed by atoms with Crippen LogP contribution in [0.2, 0.25) is 10.0 Å². The van der Waals surface area contributed by atoms with E-state index in [1.54, 1.807) is 0 Å². The van der Waals surface area contributed by atoms with Crippen molar-refractivity contribution < 1.29 is 0 Å². The van der Waals surface area contributed by atoms with E-state index in [-0.39, 0.29) is 0 Å². The van der Waals surface area contributed by atoms with Gasteiger partial charge in [-0.25, -0.2) is 0 Å². The van der Waals surface area contributed by atoms with Gasteiger partial charge in [0.2, 0.25) is 0 Å². The Morgan fingerprint density at radius 1 is 1.22 bits per heavy atom. The van der Waals surface area contributed by atoms with Gasteiger partial charge in [0.25, 0.3) is 0 Å². The van der Waals surface area contributed by atoms with Gasteiger partial charge in [-0.05, 0) is 24.5 Å². The van der Waals surface area contributed by atoms with Gasteiger partial charge in [0.1, 0.15) is 0 Å². The summed E-state index contributed by atoms with van der Waals surface area (Å²) < 4.78 is 0. The lowest BCUT2D eigenvalue weighted by Gasteiger charge is -2.30. The molecule has 0 bridgehead atoms. The van der Waals surface area contributed by atoms with Gasteiger partial charge in [0, 0.05) is 24.5 Å². The average molecular weight is 353 g/mol. The molecule has 102 valence electrons. The molecular weight excluding hydrogens is 333 g/mol. The third-order valence-corrected chi connectivity index (χ3v) is 4.45. The molecule has 0 amide bonds. The Hall–Kier alpha value is 0.240. The van der Waals surface area contributed by atoms with E-state index in [0.29, 0.717) is 16.1 Å². The first-order chi connectivity index (χ1) is 8.63. The molecule has 0 fully saturated rings. The quantitative estimate of drug-likeness (QED) is 0.595. The lowest BCUT2D eigenvalue weighted by molar-refractivity contribution is 0.189. The molecule has 1 nitrogen and oxygen atoms in total. The molecule has 18 heavy (non-hydrogen) atoms. The van der Waals surface area contributed by atoms with E-state index in [2.05, 4.69) is 40.7 Å². The Morgan fingerprint density at radius 3 is 2.44 bits per heavy atom. The zero-order valence-corrected chi connectivity index (χ0v) is 14.0. The maximum absolute atomic E-state index is 6.26. The number of nitrogens with zero attached hydrogens (tertiary/aromatic N) is 1. The van der Waals surface area contributed by atoms with Crippen molar-refractivity contribution in [3.05, 3.63) is 33.8 Å². The Bertz CT molecular complexity index is 367. The fourth-order valence-electron chi connectivity index (χ4n) is 2.19. The summed E-state index contributed by atoms with van der Waals surface area (Å²) in [4.78, 5) is 2.46.